The van der Waals surface area contributed by atoms with Gasteiger partial charge in [0, 0.05) is 32.7 Å². The zero-order chi connectivity index (χ0) is 11.4. The minimum absolute atomic E-state index is 0.115. The molecule has 0 aliphatic carbocycles. The Hall–Kier alpha value is -1.44. The summed E-state index contributed by atoms with van der Waals surface area (Å²) in [6.45, 7) is 4.70. The van der Waals surface area contributed by atoms with E-state index >= 15 is 0 Å². The first-order valence-electron chi connectivity index (χ1n) is 5.41. The molecule has 0 spiro atoms. The molecule has 1 saturated heterocycles. The predicted octanol–water partition coefficient (Wildman–Crippen LogP) is 1.10. The number of hydrogen-bond donors (Lipinski definition) is 1. The van der Waals surface area contributed by atoms with Gasteiger partial charge in [-0.25, -0.2) is 4.39 Å². The lowest BCUT2D eigenvalue weighted by Crippen LogP contribution is -2.42. The Morgan fingerprint density at radius 2 is 2.12 bits per heavy atom. The number of piperazine rings is 1. The molecule has 4 heteroatoms. The number of hydrogen-bond acceptors (Lipinski definition) is 3. The molecule has 1 fully saturated rings. The molecule has 3 nitrogen and oxygen atoms in total. The van der Waals surface area contributed by atoms with Gasteiger partial charge < -0.3 is 5.32 Å². The number of nitriles is 1. The fraction of sp³-hybridized carbons (Fsp3) is 0.417. The summed E-state index contributed by atoms with van der Waals surface area (Å²) in [6.07, 6.45) is 0. The van der Waals surface area contributed by atoms with Crippen molar-refractivity contribution in [1.82, 2.24) is 10.2 Å². The lowest BCUT2D eigenvalue weighted by atomic mass is 10.1. The summed E-state index contributed by atoms with van der Waals surface area (Å²) in [5, 5.41) is 11.9. The highest BCUT2D eigenvalue weighted by molar-refractivity contribution is 5.33. The number of nitrogens with zero attached hydrogens (tertiary/aromatic N) is 2. The molecule has 0 saturated carbocycles. The van der Waals surface area contributed by atoms with Crippen LogP contribution in [0.1, 0.15) is 11.1 Å². The molecule has 0 radical (unpaired) electrons. The van der Waals surface area contributed by atoms with Crippen molar-refractivity contribution in [3.05, 3.63) is 35.1 Å². The van der Waals surface area contributed by atoms with Gasteiger partial charge in [0.05, 0.1) is 5.56 Å². The van der Waals surface area contributed by atoms with Crippen molar-refractivity contribution in [3.63, 3.8) is 0 Å². The fourth-order valence-electron chi connectivity index (χ4n) is 1.88. The van der Waals surface area contributed by atoms with Crippen LogP contribution in [-0.2, 0) is 6.54 Å². The quantitative estimate of drug-likeness (QED) is 0.809. The first-order chi connectivity index (χ1) is 7.79. The summed E-state index contributed by atoms with van der Waals surface area (Å²) in [6, 6.07) is 6.66. The molecule has 2 rings (SSSR count). The SMILES string of the molecule is N#Cc1ccc(CN2CCNCC2)cc1F. The van der Waals surface area contributed by atoms with Crippen LogP contribution in [0.2, 0.25) is 0 Å². The van der Waals surface area contributed by atoms with E-state index in [2.05, 4.69) is 10.2 Å². The average molecular weight is 219 g/mol. The summed E-state index contributed by atoms with van der Waals surface area (Å²) in [7, 11) is 0. The van der Waals surface area contributed by atoms with Gasteiger partial charge in [0.15, 0.2) is 0 Å². The normalized spacial score (nSPS) is 17.0. The summed E-state index contributed by atoms with van der Waals surface area (Å²) in [4.78, 5) is 2.28. The van der Waals surface area contributed by atoms with Crippen LogP contribution in [0.15, 0.2) is 18.2 Å². The third-order valence-corrected chi connectivity index (χ3v) is 2.77. The molecule has 0 unspecified atom stereocenters. The Morgan fingerprint density at radius 3 is 2.75 bits per heavy atom. The first-order valence-corrected chi connectivity index (χ1v) is 5.41. The monoisotopic (exact) mass is 219 g/mol. The molecule has 1 aliphatic heterocycles. The van der Waals surface area contributed by atoms with Crippen LogP contribution in [0, 0.1) is 17.1 Å². The molecule has 16 heavy (non-hydrogen) atoms. The largest absolute Gasteiger partial charge is 0.314 e. The third-order valence-electron chi connectivity index (χ3n) is 2.77. The van der Waals surface area contributed by atoms with Gasteiger partial charge in [-0.15, -0.1) is 0 Å². The maximum absolute atomic E-state index is 13.4. The number of benzene rings is 1. The lowest BCUT2D eigenvalue weighted by Gasteiger charge is -2.27. The molecule has 0 amide bonds. The minimum Gasteiger partial charge on any atom is -0.314 e. The third kappa shape index (κ3) is 2.57. The molecule has 1 aromatic rings. The average Bonchev–Trinajstić information content (AvgIpc) is 2.31. The topological polar surface area (TPSA) is 39.1 Å². The van der Waals surface area contributed by atoms with Crippen molar-refractivity contribution in [2.45, 2.75) is 6.54 Å². The van der Waals surface area contributed by atoms with E-state index in [-0.39, 0.29) is 5.56 Å². The second kappa shape index (κ2) is 5.06. The predicted molar refractivity (Wildman–Crippen MR) is 59.3 cm³/mol. The van der Waals surface area contributed by atoms with Gasteiger partial charge in [0.2, 0.25) is 0 Å². The maximum atomic E-state index is 13.4. The van der Waals surface area contributed by atoms with Crippen molar-refractivity contribution >= 4 is 0 Å². The van der Waals surface area contributed by atoms with Crippen molar-refractivity contribution < 1.29 is 4.39 Å². The van der Waals surface area contributed by atoms with Gasteiger partial charge >= 0.3 is 0 Å². The molecular weight excluding hydrogens is 205 g/mol. The molecule has 0 bridgehead atoms. The maximum Gasteiger partial charge on any atom is 0.141 e. The van der Waals surface area contributed by atoms with E-state index in [4.69, 9.17) is 5.26 Å². The Kier molecular flexibility index (Phi) is 3.50. The van der Waals surface area contributed by atoms with E-state index in [9.17, 15) is 4.39 Å². The van der Waals surface area contributed by atoms with Gasteiger partial charge in [-0.05, 0) is 17.7 Å². The van der Waals surface area contributed by atoms with Crippen LogP contribution in [-0.4, -0.2) is 31.1 Å². The zero-order valence-corrected chi connectivity index (χ0v) is 9.04. The second-order valence-electron chi connectivity index (χ2n) is 3.95. The van der Waals surface area contributed by atoms with Gasteiger partial charge in [-0.1, -0.05) is 6.07 Å². The van der Waals surface area contributed by atoms with E-state index in [1.807, 2.05) is 12.1 Å². The first kappa shape index (κ1) is 11.1. The molecule has 1 aliphatic rings. The Balaban J connectivity index is 2.04. The summed E-state index contributed by atoms with van der Waals surface area (Å²) < 4.78 is 13.4. The zero-order valence-electron chi connectivity index (χ0n) is 9.04. The smallest absolute Gasteiger partial charge is 0.141 e. The van der Waals surface area contributed by atoms with Crippen molar-refractivity contribution in [3.8, 4) is 6.07 Å². The molecule has 84 valence electrons. The molecule has 1 N–H and O–H groups in total. The van der Waals surface area contributed by atoms with Crippen LogP contribution in [0.5, 0.6) is 0 Å². The van der Waals surface area contributed by atoms with Crippen LogP contribution < -0.4 is 5.32 Å². The molecule has 0 atom stereocenters. The Morgan fingerprint density at radius 1 is 1.38 bits per heavy atom. The van der Waals surface area contributed by atoms with E-state index in [1.165, 1.54) is 6.07 Å². The molecular formula is C12H14FN3. The van der Waals surface area contributed by atoms with E-state index < -0.39 is 5.82 Å². The number of nitrogens with one attached hydrogen (secondary N) is 1. The summed E-state index contributed by atoms with van der Waals surface area (Å²) in [5.41, 5.74) is 1.04. The summed E-state index contributed by atoms with van der Waals surface area (Å²) >= 11 is 0. The van der Waals surface area contributed by atoms with Gasteiger partial charge in [-0.2, -0.15) is 5.26 Å². The van der Waals surface area contributed by atoms with Crippen molar-refractivity contribution in [2.24, 2.45) is 0 Å². The van der Waals surface area contributed by atoms with Crippen LogP contribution in [0.4, 0.5) is 4.39 Å². The Labute approximate surface area is 94.5 Å². The van der Waals surface area contributed by atoms with Crippen molar-refractivity contribution in [1.29, 1.82) is 5.26 Å². The van der Waals surface area contributed by atoms with Gasteiger partial charge in [-0.3, -0.25) is 4.90 Å². The lowest BCUT2D eigenvalue weighted by molar-refractivity contribution is 0.233. The second-order valence-corrected chi connectivity index (χ2v) is 3.95. The molecule has 0 aromatic heterocycles. The van der Waals surface area contributed by atoms with E-state index in [1.54, 1.807) is 6.07 Å². The van der Waals surface area contributed by atoms with Crippen LogP contribution in [0.25, 0.3) is 0 Å². The molecule has 1 aromatic carbocycles. The van der Waals surface area contributed by atoms with Crippen LogP contribution >= 0.6 is 0 Å². The van der Waals surface area contributed by atoms with E-state index in [0.717, 1.165) is 38.3 Å². The summed E-state index contributed by atoms with van der Waals surface area (Å²) in [5.74, 6) is -0.421. The standard InChI is InChI=1S/C12H14FN3/c13-12-7-10(1-2-11(12)8-14)9-16-5-3-15-4-6-16/h1-2,7,15H,3-6,9H2. The number of halogens is 1. The van der Waals surface area contributed by atoms with E-state index in [0.29, 0.717) is 0 Å². The Bertz CT molecular complexity index is 405. The molecule has 1 heterocycles. The number of rotatable bonds is 2. The highest BCUT2D eigenvalue weighted by Gasteiger charge is 2.10. The van der Waals surface area contributed by atoms with Crippen LogP contribution in [0.3, 0.4) is 0 Å². The highest BCUT2D eigenvalue weighted by atomic mass is 19.1. The fourth-order valence-corrected chi connectivity index (χ4v) is 1.88. The van der Waals surface area contributed by atoms with Crippen molar-refractivity contribution in [2.75, 3.05) is 26.2 Å². The minimum atomic E-state index is -0.421. The van der Waals surface area contributed by atoms with Gasteiger partial charge in [0.25, 0.3) is 0 Å². The van der Waals surface area contributed by atoms with Gasteiger partial charge in [0.1, 0.15) is 11.9 Å². The highest BCUT2D eigenvalue weighted by Crippen LogP contribution is 2.11.